The Labute approximate surface area is 268 Å². The number of aliphatic hydroxyl groups excluding tert-OH is 1. The molecule has 2 atom stereocenters. The Kier molecular flexibility index (Phi) is 10.2. The van der Waals surface area contributed by atoms with Gasteiger partial charge in [-0.2, -0.15) is 0 Å². The number of aliphatic imine (C=N–C) groups is 1. The molecule has 9 nitrogen and oxygen atoms in total. The molecule has 0 saturated heterocycles. The summed E-state index contributed by atoms with van der Waals surface area (Å²) in [7, 11) is 0. The molecular weight excluding hydrogens is 646 g/mol. The minimum Gasteiger partial charge on any atom is -0.494 e. The zero-order valence-corrected chi connectivity index (χ0v) is 25.9. The van der Waals surface area contributed by atoms with Crippen LogP contribution in [0.3, 0.4) is 0 Å². The van der Waals surface area contributed by atoms with E-state index in [0.29, 0.717) is 40.6 Å². The van der Waals surface area contributed by atoms with E-state index < -0.39 is 11.6 Å². The van der Waals surface area contributed by atoms with Crippen LogP contribution in [0.4, 0.5) is 5.69 Å². The predicted octanol–water partition coefficient (Wildman–Crippen LogP) is 7.62. The molecule has 0 unspecified atom stereocenters. The van der Waals surface area contributed by atoms with Crippen LogP contribution >= 0.6 is 27.5 Å². The molecule has 0 saturated carbocycles. The van der Waals surface area contributed by atoms with Crippen molar-refractivity contribution in [2.75, 3.05) is 13.2 Å². The van der Waals surface area contributed by atoms with Crippen LogP contribution in [0.5, 0.6) is 5.75 Å². The normalized spacial score (nSPS) is 17.2. The van der Waals surface area contributed by atoms with Gasteiger partial charge in [0.05, 0.1) is 6.61 Å². The zero-order valence-electron chi connectivity index (χ0n) is 23.6. The first kappa shape index (κ1) is 31.1. The number of nitrogens with zero attached hydrogens (tertiary/aromatic N) is 4. The summed E-state index contributed by atoms with van der Waals surface area (Å²) >= 11 is 9.55. The second-order valence-electron chi connectivity index (χ2n) is 10.1. The van der Waals surface area contributed by atoms with Gasteiger partial charge in [0.25, 0.3) is 5.91 Å². The van der Waals surface area contributed by atoms with Crippen molar-refractivity contribution in [3.8, 4) is 5.75 Å². The Morgan fingerprint density at radius 1 is 1.05 bits per heavy atom. The predicted molar refractivity (Wildman–Crippen MR) is 173 cm³/mol. The van der Waals surface area contributed by atoms with Crippen LogP contribution in [0.25, 0.3) is 10.4 Å². The lowest BCUT2D eigenvalue weighted by Gasteiger charge is -2.31. The van der Waals surface area contributed by atoms with E-state index >= 15 is 0 Å². The first-order chi connectivity index (χ1) is 21.4. The fourth-order valence-corrected chi connectivity index (χ4v) is 5.35. The zero-order chi connectivity index (χ0) is 30.9. The number of nitrogens with one attached hydrogen (secondary N) is 1. The van der Waals surface area contributed by atoms with Crippen molar-refractivity contribution in [2.24, 2.45) is 10.1 Å². The van der Waals surface area contributed by atoms with Crippen molar-refractivity contribution in [3.63, 3.8) is 0 Å². The molecule has 0 aromatic heterocycles. The third-order valence-corrected chi connectivity index (χ3v) is 7.94. The molecule has 1 aliphatic rings. The number of benzene rings is 4. The van der Waals surface area contributed by atoms with E-state index in [1.807, 2.05) is 54.6 Å². The van der Waals surface area contributed by atoms with Gasteiger partial charge in [-0.3, -0.25) is 4.79 Å². The van der Waals surface area contributed by atoms with E-state index in [0.717, 1.165) is 15.6 Å². The first-order valence-electron chi connectivity index (χ1n) is 13.9. The molecule has 4 aromatic rings. The van der Waals surface area contributed by atoms with Crippen molar-refractivity contribution in [3.05, 3.63) is 139 Å². The molecule has 11 heteroatoms. The molecular formula is C33H29BrClN5O4. The first-order valence-corrected chi connectivity index (χ1v) is 15.1. The van der Waals surface area contributed by atoms with Crippen LogP contribution in [-0.4, -0.2) is 35.7 Å². The summed E-state index contributed by atoms with van der Waals surface area (Å²) in [6.07, 6.45) is -0.199. The number of hydrogen-bond donors (Lipinski definition) is 2. The Morgan fingerprint density at radius 3 is 2.45 bits per heavy atom. The van der Waals surface area contributed by atoms with Gasteiger partial charge >= 0.3 is 0 Å². The van der Waals surface area contributed by atoms with E-state index in [9.17, 15) is 10.3 Å². The lowest BCUT2D eigenvalue weighted by atomic mass is 9.81. The molecule has 4 aromatic carbocycles. The van der Waals surface area contributed by atoms with Crippen LogP contribution in [0.1, 0.15) is 34.8 Å². The summed E-state index contributed by atoms with van der Waals surface area (Å²) in [5.74, 6) is 0.550. The molecule has 0 spiro atoms. The molecule has 0 radical (unpaired) electrons. The van der Waals surface area contributed by atoms with E-state index in [4.69, 9.17) is 31.2 Å². The summed E-state index contributed by atoms with van der Waals surface area (Å²) < 4.78 is 13.2. The van der Waals surface area contributed by atoms with Gasteiger partial charge in [-0.05, 0) is 65.2 Å². The molecule has 2 N–H and O–H groups in total. The van der Waals surface area contributed by atoms with Crippen LogP contribution in [-0.2, 0) is 22.5 Å². The smallest absolute Gasteiger partial charge is 0.252 e. The van der Waals surface area contributed by atoms with Gasteiger partial charge in [0.1, 0.15) is 5.75 Å². The van der Waals surface area contributed by atoms with Gasteiger partial charge in [-0.1, -0.05) is 81.2 Å². The quantitative estimate of drug-likeness (QED) is 0.0693. The SMILES string of the molecule is [N-]=[N+]=Nc1ccccc1[C@H]1OC(c2ccc(OCCCO)cc2)=N[C@@]1(Cc1ccc(Br)cc1)C(=O)NCc1ccc(Cl)cc1. The van der Waals surface area contributed by atoms with Crippen molar-refractivity contribution in [1.82, 2.24) is 5.32 Å². The number of amides is 1. The standard InChI is InChI=1S/C33H29BrClN5O4/c34-25-12-6-22(7-13-25)20-33(32(42)37-21-23-8-14-26(35)15-9-23)30(28-4-1-2-5-29(28)39-40-36)44-31(38-33)24-10-16-27(17-11-24)43-19-3-18-41/h1-2,4-17,30,41H,3,18-21H2,(H,37,42)/t30-,33-/m1/s1. The molecule has 5 rings (SSSR count). The van der Waals surface area contributed by atoms with Crippen LogP contribution in [0.2, 0.25) is 5.02 Å². The monoisotopic (exact) mass is 673 g/mol. The molecule has 0 fully saturated rings. The van der Waals surface area contributed by atoms with Crippen molar-refractivity contribution in [1.29, 1.82) is 0 Å². The highest BCUT2D eigenvalue weighted by molar-refractivity contribution is 9.10. The van der Waals surface area contributed by atoms with Crippen molar-refractivity contribution >= 4 is 45.0 Å². The lowest BCUT2D eigenvalue weighted by molar-refractivity contribution is -0.129. The fourth-order valence-electron chi connectivity index (χ4n) is 4.96. The van der Waals surface area contributed by atoms with Gasteiger partial charge in [0.2, 0.25) is 5.90 Å². The molecule has 44 heavy (non-hydrogen) atoms. The van der Waals surface area contributed by atoms with Crippen LogP contribution in [0.15, 0.2) is 112 Å². The maximum Gasteiger partial charge on any atom is 0.252 e. The average molecular weight is 675 g/mol. The minimum atomic E-state index is -1.47. The number of ether oxygens (including phenoxy) is 2. The number of hydrogen-bond acceptors (Lipinski definition) is 6. The number of carbonyl (C=O) groups excluding carboxylic acids is 1. The van der Waals surface area contributed by atoms with Crippen molar-refractivity contribution < 1.29 is 19.4 Å². The summed E-state index contributed by atoms with van der Waals surface area (Å²) in [5, 5.41) is 16.6. The second-order valence-corrected chi connectivity index (χ2v) is 11.5. The Hall–Kier alpha value is -4.34. The Morgan fingerprint density at radius 2 is 1.75 bits per heavy atom. The molecule has 1 amide bonds. The van der Waals surface area contributed by atoms with Gasteiger partial charge in [0.15, 0.2) is 11.6 Å². The van der Waals surface area contributed by atoms with E-state index in [-0.39, 0.29) is 31.4 Å². The highest BCUT2D eigenvalue weighted by Crippen LogP contribution is 2.45. The van der Waals surface area contributed by atoms with Gasteiger partial charge in [-0.25, -0.2) is 4.99 Å². The number of carbonyl (C=O) groups is 1. The molecule has 0 aliphatic carbocycles. The third-order valence-electron chi connectivity index (χ3n) is 7.15. The maximum absolute atomic E-state index is 14.4. The highest BCUT2D eigenvalue weighted by Gasteiger charge is 2.53. The number of halogens is 2. The van der Waals surface area contributed by atoms with E-state index in [1.165, 1.54) is 0 Å². The topological polar surface area (TPSA) is 129 Å². The number of aliphatic hydroxyl groups is 1. The van der Waals surface area contributed by atoms with E-state index in [1.54, 1.807) is 42.5 Å². The number of rotatable bonds is 12. The van der Waals surface area contributed by atoms with Gasteiger partial charge in [0, 0.05) is 57.2 Å². The fraction of sp³-hybridized carbons (Fsp3) is 0.212. The molecule has 0 bridgehead atoms. The minimum absolute atomic E-state index is 0.0436. The van der Waals surface area contributed by atoms with Crippen molar-refractivity contribution in [2.45, 2.75) is 31.0 Å². The second kappa shape index (κ2) is 14.4. The molecule has 224 valence electrons. The Balaban J connectivity index is 1.59. The summed E-state index contributed by atoms with van der Waals surface area (Å²) in [4.78, 5) is 22.5. The summed E-state index contributed by atoms with van der Waals surface area (Å²) in [6.45, 7) is 0.672. The molecule has 1 aliphatic heterocycles. The highest BCUT2D eigenvalue weighted by atomic mass is 79.9. The van der Waals surface area contributed by atoms with Crippen LogP contribution in [0, 0.1) is 0 Å². The summed E-state index contributed by atoms with van der Waals surface area (Å²) in [5.41, 5.74) is 11.1. The molecule has 1 heterocycles. The summed E-state index contributed by atoms with van der Waals surface area (Å²) in [6, 6.07) is 29.2. The van der Waals surface area contributed by atoms with E-state index in [2.05, 4.69) is 31.3 Å². The maximum atomic E-state index is 14.4. The van der Waals surface area contributed by atoms with Gasteiger partial charge in [-0.15, -0.1) is 0 Å². The van der Waals surface area contributed by atoms with Crippen LogP contribution < -0.4 is 10.1 Å². The number of azide groups is 1. The average Bonchev–Trinajstić information content (AvgIpc) is 3.43. The lowest BCUT2D eigenvalue weighted by Crippen LogP contribution is -2.49. The Bertz CT molecular complexity index is 1680. The van der Waals surface area contributed by atoms with Gasteiger partial charge < -0.3 is 19.9 Å². The third kappa shape index (κ3) is 7.23. The largest absolute Gasteiger partial charge is 0.494 e.